The van der Waals surface area contributed by atoms with Crippen molar-refractivity contribution in [1.82, 2.24) is 0 Å². The Balaban J connectivity index is 2.94. The lowest BCUT2D eigenvalue weighted by Gasteiger charge is -2.10. The Hall–Kier alpha value is -0.850. The average Bonchev–Trinajstić information content (AvgIpc) is 2.10. The number of benzene rings is 1. The molecule has 0 heterocycles. The molecule has 1 rings (SSSR count). The fraction of sp³-hybridized carbons (Fsp3) is 0.222. The zero-order valence-electron chi connectivity index (χ0n) is 6.90. The fourth-order valence-corrected chi connectivity index (χ4v) is 1.23. The summed E-state index contributed by atoms with van der Waals surface area (Å²) in [5.41, 5.74) is 0.109. The third-order valence-electron chi connectivity index (χ3n) is 1.59. The molecule has 0 unspecified atom stereocenters. The Bertz CT molecular complexity index is 385. The highest BCUT2D eigenvalue weighted by Gasteiger charge is 2.25. The average molecular weight is 236 g/mol. The van der Waals surface area contributed by atoms with Crippen molar-refractivity contribution in [1.29, 1.82) is 5.26 Å². The molecule has 0 spiro atoms. The monoisotopic (exact) mass is 235 g/mol. The number of nitriles is 1. The van der Waals surface area contributed by atoms with Crippen LogP contribution in [-0.2, 0) is 6.42 Å². The Labute approximate surface area is 89.9 Å². The first-order valence-electron chi connectivity index (χ1n) is 3.67. The number of halogens is 4. The molecule has 1 aromatic rings. The summed E-state index contributed by atoms with van der Waals surface area (Å²) in [6, 6.07) is 4.61. The van der Waals surface area contributed by atoms with Crippen LogP contribution in [0.4, 0.5) is 8.78 Å². The molecule has 1 nitrogen and oxygen atoms in total. The molecular formula is C9H5Cl2F2N. The van der Waals surface area contributed by atoms with Crippen molar-refractivity contribution in [3.63, 3.8) is 0 Å². The molecule has 0 aromatic heterocycles. The number of rotatable bonds is 2. The fourth-order valence-electron chi connectivity index (χ4n) is 0.944. The van der Waals surface area contributed by atoms with Crippen molar-refractivity contribution in [2.24, 2.45) is 0 Å². The minimum atomic E-state index is -1.68. The second-order valence-electron chi connectivity index (χ2n) is 2.73. The molecule has 0 radical (unpaired) electrons. The Morgan fingerprint density at radius 1 is 1.36 bits per heavy atom. The van der Waals surface area contributed by atoms with Gasteiger partial charge in [0.15, 0.2) is 0 Å². The van der Waals surface area contributed by atoms with Gasteiger partial charge in [0.25, 0.3) is 0 Å². The van der Waals surface area contributed by atoms with Gasteiger partial charge in [0.2, 0.25) is 4.33 Å². The predicted molar refractivity (Wildman–Crippen MR) is 50.1 cm³/mol. The predicted octanol–water partition coefficient (Wildman–Crippen LogP) is 3.20. The van der Waals surface area contributed by atoms with Gasteiger partial charge in [0, 0.05) is 12.5 Å². The molecule has 0 N–H and O–H groups in total. The van der Waals surface area contributed by atoms with Crippen molar-refractivity contribution in [2.45, 2.75) is 10.8 Å². The second-order valence-corrected chi connectivity index (χ2v) is 4.21. The molecule has 0 aliphatic heterocycles. The first kappa shape index (κ1) is 11.2. The van der Waals surface area contributed by atoms with Crippen LogP contribution in [0.3, 0.4) is 0 Å². The zero-order valence-corrected chi connectivity index (χ0v) is 8.41. The summed E-state index contributed by atoms with van der Waals surface area (Å²) >= 11 is 11.0. The number of hydrogen-bond donors (Lipinski definition) is 0. The molecule has 14 heavy (non-hydrogen) atoms. The van der Waals surface area contributed by atoms with Gasteiger partial charge in [-0.15, -0.1) is 0 Å². The third kappa shape index (κ3) is 2.83. The lowest BCUT2D eigenvalue weighted by Crippen LogP contribution is -2.14. The summed E-state index contributed by atoms with van der Waals surface area (Å²) in [6.07, 6.45) is -0.182. The SMILES string of the molecule is N#CC(Cl)(Cl)Cc1ccc(F)cc1F. The highest BCUT2D eigenvalue weighted by Crippen LogP contribution is 2.26. The molecule has 0 aliphatic carbocycles. The summed E-state index contributed by atoms with van der Waals surface area (Å²) in [4.78, 5) is 0. The van der Waals surface area contributed by atoms with Gasteiger partial charge in [-0.1, -0.05) is 29.3 Å². The maximum Gasteiger partial charge on any atom is 0.207 e. The quantitative estimate of drug-likeness (QED) is 0.723. The zero-order chi connectivity index (χ0) is 10.8. The van der Waals surface area contributed by atoms with E-state index in [2.05, 4.69) is 0 Å². The molecule has 0 atom stereocenters. The third-order valence-corrected chi connectivity index (χ3v) is 2.03. The van der Waals surface area contributed by atoms with E-state index in [9.17, 15) is 8.78 Å². The summed E-state index contributed by atoms with van der Waals surface area (Å²) in [6.45, 7) is 0. The van der Waals surface area contributed by atoms with Gasteiger partial charge in [-0.2, -0.15) is 5.26 Å². The molecule has 0 saturated heterocycles. The smallest absolute Gasteiger partial charge is 0.207 e. The summed E-state index contributed by atoms with van der Waals surface area (Å²) in [5, 5.41) is 8.49. The van der Waals surface area contributed by atoms with Crippen molar-refractivity contribution in [3.8, 4) is 6.07 Å². The largest absolute Gasteiger partial charge is 0.207 e. The van der Waals surface area contributed by atoms with Gasteiger partial charge in [-0.05, 0) is 11.6 Å². The lowest BCUT2D eigenvalue weighted by molar-refractivity contribution is 0.571. The van der Waals surface area contributed by atoms with Crippen LogP contribution in [0.1, 0.15) is 5.56 Å². The Morgan fingerprint density at radius 2 is 2.00 bits per heavy atom. The van der Waals surface area contributed by atoms with Gasteiger partial charge in [-0.3, -0.25) is 0 Å². The van der Waals surface area contributed by atoms with Gasteiger partial charge in [0.1, 0.15) is 17.7 Å². The summed E-state index contributed by atoms with van der Waals surface area (Å²) < 4.78 is 23.9. The Morgan fingerprint density at radius 3 is 2.50 bits per heavy atom. The topological polar surface area (TPSA) is 23.8 Å². The number of alkyl halides is 2. The summed E-state index contributed by atoms with van der Waals surface area (Å²) in [5.74, 6) is -1.44. The van der Waals surface area contributed by atoms with E-state index in [4.69, 9.17) is 28.5 Å². The molecule has 74 valence electrons. The first-order chi connectivity index (χ1) is 6.44. The van der Waals surface area contributed by atoms with Crippen LogP contribution in [0, 0.1) is 23.0 Å². The molecule has 0 bridgehead atoms. The van der Waals surface area contributed by atoms with Crippen LogP contribution in [0.15, 0.2) is 18.2 Å². The van der Waals surface area contributed by atoms with Gasteiger partial charge in [-0.25, -0.2) is 8.78 Å². The van der Waals surface area contributed by atoms with Crippen LogP contribution in [0.5, 0.6) is 0 Å². The highest BCUT2D eigenvalue weighted by molar-refractivity contribution is 6.50. The van der Waals surface area contributed by atoms with E-state index in [1.54, 1.807) is 6.07 Å². The van der Waals surface area contributed by atoms with E-state index in [1.165, 1.54) is 6.07 Å². The molecule has 0 amide bonds. The second kappa shape index (κ2) is 4.12. The van der Waals surface area contributed by atoms with E-state index >= 15 is 0 Å². The van der Waals surface area contributed by atoms with Crippen LogP contribution >= 0.6 is 23.2 Å². The van der Waals surface area contributed by atoms with Crippen LogP contribution in [-0.4, -0.2) is 4.33 Å². The molecule has 0 aliphatic rings. The van der Waals surface area contributed by atoms with E-state index < -0.39 is 16.0 Å². The molecule has 1 aromatic carbocycles. The van der Waals surface area contributed by atoms with Crippen LogP contribution < -0.4 is 0 Å². The van der Waals surface area contributed by atoms with E-state index in [0.717, 1.165) is 12.1 Å². The van der Waals surface area contributed by atoms with Crippen molar-refractivity contribution < 1.29 is 8.78 Å². The van der Waals surface area contributed by atoms with E-state index in [0.29, 0.717) is 0 Å². The maximum absolute atomic E-state index is 13.1. The standard InChI is InChI=1S/C9H5Cl2F2N/c10-9(11,5-14)4-6-1-2-7(12)3-8(6)13/h1-3H,4H2. The van der Waals surface area contributed by atoms with Crippen molar-refractivity contribution in [2.75, 3.05) is 0 Å². The molecule has 5 heteroatoms. The normalized spacial score (nSPS) is 11.1. The minimum Gasteiger partial charge on any atom is -0.207 e. The van der Waals surface area contributed by atoms with Crippen molar-refractivity contribution >= 4 is 23.2 Å². The van der Waals surface area contributed by atoms with Gasteiger partial charge >= 0.3 is 0 Å². The van der Waals surface area contributed by atoms with E-state index in [-0.39, 0.29) is 12.0 Å². The van der Waals surface area contributed by atoms with E-state index in [1.807, 2.05) is 0 Å². The Kier molecular flexibility index (Phi) is 3.30. The first-order valence-corrected chi connectivity index (χ1v) is 4.43. The maximum atomic E-state index is 13.1. The number of nitrogens with zero attached hydrogens (tertiary/aromatic N) is 1. The van der Waals surface area contributed by atoms with Gasteiger partial charge in [0.05, 0.1) is 0 Å². The van der Waals surface area contributed by atoms with Gasteiger partial charge < -0.3 is 0 Å². The minimum absolute atomic E-state index is 0.109. The van der Waals surface area contributed by atoms with Crippen LogP contribution in [0.25, 0.3) is 0 Å². The molecular weight excluding hydrogens is 231 g/mol. The molecule has 0 fully saturated rings. The van der Waals surface area contributed by atoms with Crippen molar-refractivity contribution in [3.05, 3.63) is 35.4 Å². The number of hydrogen-bond acceptors (Lipinski definition) is 1. The lowest BCUT2D eigenvalue weighted by atomic mass is 10.1. The summed E-state index contributed by atoms with van der Waals surface area (Å²) in [7, 11) is 0. The molecule has 0 saturated carbocycles. The van der Waals surface area contributed by atoms with Crippen LogP contribution in [0.2, 0.25) is 0 Å². The highest BCUT2D eigenvalue weighted by atomic mass is 35.5.